The van der Waals surface area contributed by atoms with Crippen molar-refractivity contribution in [2.45, 2.75) is 78.2 Å². The zero-order chi connectivity index (χ0) is 23.5. The maximum absolute atomic E-state index is 13.4. The predicted molar refractivity (Wildman–Crippen MR) is 117 cm³/mol. The Morgan fingerprint density at radius 3 is 2.41 bits per heavy atom. The first-order valence-corrected chi connectivity index (χ1v) is 11.7. The molecular weight excluding hydrogens is 408 g/mol. The number of allylic oxidation sites excluding steroid dienone is 2. The molecule has 0 aromatic carbocycles. The monoisotopic (exact) mass is 442 g/mol. The lowest BCUT2D eigenvalue weighted by Crippen LogP contribution is -2.60. The van der Waals surface area contributed by atoms with Gasteiger partial charge < -0.3 is 9.47 Å². The molecule has 32 heavy (non-hydrogen) atoms. The molecule has 0 aromatic heterocycles. The minimum absolute atomic E-state index is 0.0797. The van der Waals surface area contributed by atoms with Gasteiger partial charge in [0.25, 0.3) is 0 Å². The number of hydrogen-bond acceptors (Lipinski definition) is 6. The minimum Gasteiger partial charge on any atom is -0.458 e. The summed E-state index contributed by atoms with van der Waals surface area (Å²) in [6.07, 6.45) is 6.89. The second kappa shape index (κ2) is 7.67. The van der Waals surface area contributed by atoms with Crippen molar-refractivity contribution in [3.63, 3.8) is 0 Å². The van der Waals surface area contributed by atoms with E-state index >= 15 is 0 Å². The molecule has 0 radical (unpaired) electrons. The van der Waals surface area contributed by atoms with Gasteiger partial charge in [-0.2, -0.15) is 0 Å². The summed E-state index contributed by atoms with van der Waals surface area (Å²) in [5, 5.41) is 0. The van der Waals surface area contributed by atoms with Crippen LogP contribution in [0.5, 0.6) is 0 Å². The van der Waals surface area contributed by atoms with E-state index in [1.807, 2.05) is 6.08 Å². The molecule has 6 nitrogen and oxygen atoms in total. The topological polar surface area (TPSA) is 86.7 Å². The Labute approximate surface area is 189 Å². The van der Waals surface area contributed by atoms with Crippen molar-refractivity contribution in [2.75, 3.05) is 6.61 Å². The van der Waals surface area contributed by atoms with Crippen LogP contribution in [0.15, 0.2) is 23.8 Å². The SMILES string of the molecule is C=C1CC2C(CCC3(C)C2CCC3(OC(C)=O)C(=O)COC(C)=O)C2(C)CCC(=O)C=C12. The fourth-order valence-electron chi connectivity index (χ4n) is 7.77. The summed E-state index contributed by atoms with van der Waals surface area (Å²) in [6, 6.07) is 0. The van der Waals surface area contributed by atoms with E-state index in [4.69, 9.17) is 9.47 Å². The number of rotatable bonds is 4. The van der Waals surface area contributed by atoms with Crippen LogP contribution in [0.3, 0.4) is 0 Å². The Morgan fingerprint density at radius 2 is 1.75 bits per heavy atom. The summed E-state index contributed by atoms with van der Waals surface area (Å²) in [5.41, 5.74) is 0.268. The first-order valence-electron chi connectivity index (χ1n) is 11.7. The number of carbonyl (C=O) groups excluding carboxylic acids is 4. The average molecular weight is 443 g/mol. The number of fused-ring (bicyclic) bond motifs is 5. The molecule has 0 bridgehead atoms. The second-order valence-electron chi connectivity index (χ2n) is 10.7. The van der Waals surface area contributed by atoms with Gasteiger partial charge in [-0.1, -0.05) is 26.0 Å². The molecule has 4 rings (SSSR count). The van der Waals surface area contributed by atoms with Crippen molar-refractivity contribution in [3.8, 4) is 0 Å². The Morgan fingerprint density at radius 1 is 1.06 bits per heavy atom. The fraction of sp³-hybridized carbons (Fsp3) is 0.692. The molecule has 0 amide bonds. The lowest BCUT2D eigenvalue weighted by Gasteiger charge is -2.59. The van der Waals surface area contributed by atoms with Crippen molar-refractivity contribution in [1.82, 2.24) is 0 Å². The van der Waals surface area contributed by atoms with Gasteiger partial charge in [-0.3, -0.25) is 19.2 Å². The molecule has 0 aromatic rings. The first-order chi connectivity index (χ1) is 14.9. The summed E-state index contributed by atoms with van der Waals surface area (Å²) in [4.78, 5) is 49.0. The Kier molecular flexibility index (Phi) is 5.50. The van der Waals surface area contributed by atoms with E-state index in [1.165, 1.54) is 13.8 Å². The molecule has 4 aliphatic rings. The van der Waals surface area contributed by atoms with Crippen LogP contribution >= 0.6 is 0 Å². The van der Waals surface area contributed by atoms with E-state index < -0.39 is 23.0 Å². The molecule has 3 fully saturated rings. The zero-order valence-corrected chi connectivity index (χ0v) is 19.6. The Balaban J connectivity index is 1.71. The third kappa shape index (κ3) is 3.20. The van der Waals surface area contributed by atoms with E-state index in [-0.39, 0.29) is 29.5 Å². The Hall–Kier alpha value is -2.24. The van der Waals surface area contributed by atoms with Crippen LogP contribution in [0, 0.1) is 28.6 Å². The molecule has 6 atom stereocenters. The van der Waals surface area contributed by atoms with E-state index in [1.54, 1.807) is 0 Å². The van der Waals surface area contributed by atoms with Crippen LogP contribution in [-0.2, 0) is 28.7 Å². The van der Waals surface area contributed by atoms with Gasteiger partial charge in [-0.05, 0) is 73.3 Å². The summed E-state index contributed by atoms with van der Waals surface area (Å²) in [5.74, 6) is -0.240. The second-order valence-corrected chi connectivity index (χ2v) is 10.7. The molecule has 0 aliphatic heterocycles. The number of esters is 2. The standard InChI is InChI=1S/C26H34O6/c1-15-12-19-20(24(4)9-6-18(29)13-22(15)24)7-10-25(5)21(19)8-11-26(25,32-17(3)28)23(30)14-31-16(2)27/h13,19-21H,1,6-12,14H2,2-5H3. The molecule has 0 spiro atoms. The summed E-state index contributed by atoms with van der Waals surface area (Å²) >= 11 is 0. The number of Topliss-reactive ketones (excluding diaryl/α,β-unsaturated/α-hetero) is 1. The van der Waals surface area contributed by atoms with Gasteiger partial charge in [-0.25, -0.2) is 0 Å². The molecule has 6 unspecified atom stereocenters. The minimum atomic E-state index is -1.27. The maximum atomic E-state index is 13.4. The molecule has 0 N–H and O–H groups in total. The molecule has 0 saturated heterocycles. The third-order valence-corrected chi connectivity index (χ3v) is 9.22. The highest BCUT2D eigenvalue weighted by Gasteiger charge is 2.68. The number of hydrogen-bond donors (Lipinski definition) is 0. The number of ether oxygens (including phenoxy) is 2. The highest BCUT2D eigenvalue weighted by Crippen LogP contribution is 2.69. The average Bonchev–Trinajstić information content (AvgIpc) is 3.00. The van der Waals surface area contributed by atoms with Gasteiger partial charge in [0.1, 0.15) is 0 Å². The van der Waals surface area contributed by atoms with Gasteiger partial charge in [0.2, 0.25) is 5.78 Å². The van der Waals surface area contributed by atoms with Crippen LogP contribution < -0.4 is 0 Å². The van der Waals surface area contributed by atoms with E-state index in [0.29, 0.717) is 24.7 Å². The first kappa shape index (κ1) is 22.9. The summed E-state index contributed by atoms with van der Waals surface area (Å²) in [6.45, 7) is 10.9. The van der Waals surface area contributed by atoms with Gasteiger partial charge in [0.05, 0.1) is 0 Å². The zero-order valence-electron chi connectivity index (χ0n) is 19.6. The van der Waals surface area contributed by atoms with E-state index in [9.17, 15) is 19.2 Å². The molecular formula is C26H34O6. The van der Waals surface area contributed by atoms with Gasteiger partial charge >= 0.3 is 11.9 Å². The number of ketones is 2. The number of carbonyl (C=O) groups is 4. The third-order valence-electron chi connectivity index (χ3n) is 9.22. The van der Waals surface area contributed by atoms with Crippen molar-refractivity contribution in [2.24, 2.45) is 28.6 Å². The molecule has 0 heterocycles. The van der Waals surface area contributed by atoms with Crippen molar-refractivity contribution in [1.29, 1.82) is 0 Å². The molecule has 6 heteroatoms. The maximum Gasteiger partial charge on any atom is 0.303 e. The Bertz CT molecular complexity index is 931. The van der Waals surface area contributed by atoms with Crippen LogP contribution in [-0.4, -0.2) is 35.7 Å². The van der Waals surface area contributed by atoms with Crippen LogP contribution in [0.4, 0.5) is 0 Å². The smallest absolute Gasteiger partial charge is 0.303 e. The fourth-order valence-corrected chi connectivity index (χ4v) is 7.77. The largest absolute Gasteiger partial charge is 0.458 e. The van der Waals surface area contributed by atoms with Crippen molar-refractivity contribution in [3.05, 3.63) is 23.8 Å². The van der Waals surface area contributed by atoms with E-state index in [0.717, 1.165) is 43.3 Å². The summed E-state index contributed by atoms with van der Waals surface area (Å²) in [7, 11) is 0. The lowest BCUT2D eigenvalue weighted by atomic mass is 9.45. The van der Waals surface area contributed by atoms with Crippen molar-refractivity contribution >= 4 is 23.5 Å². The molecule has 4 aliphatic carbocycles. The highest BCUT2D eigenvalue weighted by molar-refractivity contribution is 5.93. The van der Waals surface area contributed by atoms with Gasteiger partial charge in [0.15, 0.2) is 18.0 Å². The molecule has 174 valence electrons. The van der Waals surface area contributed by atoms with E-state index in [2.05, 4.69) is 20.4 Å². The predicted octanol–water partition coefficient (Wildman–Crippen LogP) is 4.12. The molecule has 3 saturated carbocycles. The van der Waals surface area contributed by atoms with Crippen LogP contribution in [0.25, 0.3) is 0 Å². The lowest BCUT2D eigenvalue weighted by molar-refractivity contribution is -0.190. The van der Waals surface area contributed by atoms with Crippen molar-refractivity contribution < 1.29 is 28.7 Å². The highest BCUT2D eigenvalue weighted by atomic mass is 16.6. The van der Waals surface area contributed by atoms with Gasteiger partial charge in [0, 0.05) is 25.7 Å². The van der Waals surface area contributed by atoms with Gasteiger partial charge in [-0.15, -0.1) is 0 Å². The van der Waals surface area contributed by atoms with Crippen LogP contribution in [0.1, 0.15) is 72.6 Å². The summed E-state index contributed by atoms with van der Waals surface area (Å²) < 4.78 is 10.9. The van der Waals surface area contributed by atoms with Crippen LogP contribution in [0.2, 0.25) is 0 Å². The quantitative estimate of drug-likeness (QED) is 0.609. The normalized spacial score (nSPS) is 40.5.